The second kappa shape index (κ2) is 6.37. The van der Waals surface area contributed by atoms with Crippen LogP contribution < -0.4 is 4.74 Å². The highest BCUT2D eigenvalue weighted by Gasteiger charge is 2.40. The van der Waals surface area contributed by atoms with Crippen LogP contribution in [0.4, 0.5) is 0 Å². The Bertz CT molecular complexity index is 506. The summed E-state index contributed by atoms with van der Waals surface area (Å²) in [6.07, 6.45) is 0.172. The lowest BCUT2D eigenvalue weighted by Crippen LogP contribution is -2.50. The Morgan fingerprint density at radius 2 is 2.05 bits per heavy atom. The standard InChI is InChI=1S/C16H20O5/c1-16(2)20-10-12(15(21-16)14(18)9-17)8-11-4-6-13(19-3)7-5-11/h4-7,9,12,15H,8,10H2,1-3H3. The summed E-state index contributed by atoms with van der Waals surface area (Å²) in [5, 5.41) is 0. The van der Waals surface area contributed by atoms with Gasteiger partial charge in [-0.2, -0.15) is 0 Å². The lowest BCUT2D eigenvalue weighted by molar-refractivity contribution is -0.284. The number of hydrogen-bond acceptors (Lipinski definition) is 5. The van der Waals surface area contributed by atoms with Gasteiger partial charge in [0.05, 0.1) is 13.7 Å². The van der Waals surface area contributed by atoms with Gasteiger partial charge in [0.1, 0.15) is 11.9 Å². The van der Waals surface area contributed by atoms with E-state index in [1.54, 1.807) is 21.0 Å². The van der Waals surface area contributed by atoms with Crippen LogP contribution in [-0.2, 0) is 25.5 Å². The van der Waals surface area contributed by atoms with Crippen molar-refractivity contribution in [1.82, 2.24) is 0 Å². The smallest absolute Gasteiger partial charge is 0.224 e. The predicted molar refractivity (Wildman–Crippen MR) is 76.2 cm³/mol. The number of benzene rings is 1. The van der Waals surface area contributed by atoms with Crippen LogP contribution in [0.15, 0.2) is 24.3 Å². The van der Waals surface area contributed by atoms with E-state index in [4.69, 9.17) is 14.2 Å². The Morgan fingerprint density at radius 1 is 1.38 bits per heavy atom. The van der Waals surface area contributed by atoms with E-state index in [1.807, 2.05) is 24.3 Å². The van der Waals surface area contributed by atoms with E-state index in [1.165, 1.54) is 0 Å². The van der Waals surface area contributed by atoms with E-state index in [0.29, 0.717) is 19.3 Å². The van der Waals surface area contributed by atoms with E-state index in [2.05, 4.69) is 0 Å². The quantitative estimate of drug-likeness (QED) is 0.611. The van der Waals surface area contributed by atoms with Gasteiger partial charge in [0.2, 0.25) is 5.78 Å². The summed E-state index contributed by atoms with van der Waals surface area (Å²) in [6.45, 7) is 3.85. The number of ether oxygens (including phenoxy) is 3. The van der Waals surface area contributed by atoms with Crippen molar-refractivity contribution in [2.24, 2.45) is 5.92 Å². The highest BCUT2D eigenvalue weighted by molar-refractivity contribution is 6.27. The van der Waals surface area contributed by atoms with E-state index in [9.17, 15) is 9.59 Å². The molecule has 21 heavy (non-hydrogen) atoms. The monoisotopic (exact) mass is 292 g/mol. The summed E-state index contributed by atoms with van der Waals surface area (Å²) in [4.78, 5) is 22.6. The van der Waals surface area contributed by atoms with Gasteiger partial charge < -0.3 is 14.2 Å². The van der Waals surface area contributed by atoms with Crippen molar-refractivity contribution >= 4 is 12.1 Å². The molecule has 1 aromatic rings. The third-order valence-electron chi connectivity index (χ3n) is 3.54. The number of ketones is 1. The number of Topliss-reactive ketones (excluding diaryl/α,β-unsaturated/α-hetero) is 1. The predicted octanol–water partition coefficient (Wildman–Crippen LogP) is 1.77. The number of carbonyl (C=O) groups excluding carboxylic acids is 2. The third-order valence-corrected chi connectivity index (χ3v) is 3.54. The maximum atomic E-state index is 11.8. The minimum Gasteiger partial charge on any atom is -0.497 e. The van der Waals surface area contributed by atoms with Crippen LogP contribution in [0.3, 0.4) is 0 Å². The SMILES string of the molecule is COc1ccc(CC2COC(C)(C)OC2C(=O)C=O)cc1. The molecule has 1 aromatic carbocycles. The molecule has 2 unspecified atom stereocenters. The molecule has 1 aliphatic heterocycles. The molecule has 0 aliphatic carbocycles. The first-order chi connectivity index (χ1) is 9.95. The van der Waals surface area contributed by atoms with Gasteiger partial charge in [-0.3, -0.25) is 9.59 Å². The first-order valence-electron chi connectivity index (χ1n) is 6.89. The second-order valence-electron chi connectivity index (χ2n) is 5.58. The molecule has 1 aliphatic rings. The van der Waals surface area contributed by atoms with Crippen molar-refractivity contribution in [3.63, 3.8) is 0 Å². The van der Waals surface area contributed by atoms with E-state index >= 15 is 0 Å². The Hall–Kier alpha value is -1.72. The van der Waals surface area contributed by atoms with Crippen LogP contribution in [0, 0.1) is 5.92 Å². The number of aldehydes is 1. The minimum absolute atomic E-state index is 0.177. The molecular weight excluding hydrogens is 272 g/mol. The molecule has 5 heteroatoms. The van der Waals surface area contributed by atoms with Crippen molar-refractivity contribution in [3.8, 4) is 5.75 Å². The van der Waals surface area contributed by atoms with E-state index in [-0.39, 0.29) is 5.92 Å². The lowest BCUT2D eigenvalue weighted by atomic mass is 9.91. The molecular formula is C16H20O5. The molecule has 5 nitrogen and oxygen atoms in total. The van der Waals surface area contributed by atoms with Crippen LogP contribution in [0.25, 0.3) is 0 Å². The molecule has 0 amide bonds. The van der Waals surface area contributed by atoms with Crippen molar-refractivity contribution in [2.75, 3.05) is 13.7 Å². The molecule has 2 rings (SSSR count). The fourth-order valence-corrected chi connectivity index (χ4v) is 2.42. The number of hydrogen-bond donors (Lipinski definition) is 0. The van der Waals surface area contributed by atoms with Crippen molar-refractivity contribution in [2.45, 2.75) is 32.2 Å². The fourth-order valence-electron chi connectivity index (χ4n) is 2.42. The normalized spacial score (nSPS) is 24.3. The molecule has 1 saturated heterocycles. The van der Waals surface area contributed by atoms with Crippen molar-refractivity contribution < 1.29 is 23.8 Å². The van der Waals surface area contributed by atoms with Gasteiger partial charge in [0.25, 0.3) is 0 Å². The Balaban J connectivity index is 2.12. The van der Waals surface area contributed by atoms with Gasteiger partial charge in [0.15, 0.2) is 12.1 Å². The van der Waals surface area contributed by atoms with E-state index < -0.39 is 17.7 Å². The van der Waals surface area contributed by atoms with Gasteiger partial charge in [-0.1, -0.05) is 12.1 Å². The zero-order valence-corrected chi connectivity index (χ0v) is 12.5. The Labute approximate surface area is 124 Å². The van der Waals surface area contributed by atoms with E-state index in [0.717, 1.165) is 11.3 Å². The van der Waals surface area contributed by atoms with Crippen LogP contribution in [0.1, 0.15) is 19.4 Å². The first kappa shape index (κ1) is 15.7. The molecule has 0 saturated carbocycles. The average molecular weight is 292 g/mol. The van der Waals surface area contributed by atoms with Crippen LogP contribution >= 0.6 is 0 Å². The van der Waals surface area contributed by atoms with Gasteiger partial charge >= 0.3 is 0 Å². The maximum absolute atomic E-state index is 11.8. The van der Waals surface area contributed by atoms with Gasteiger partial charge in [-0.05, 0) is 38.0 Å². The number of carbonyl (C=O) groups is 2. The minimum atomic E-state index is -0.847. The van der Waals surface area contributed by atoms with Crippen molar-refractivity contribution in [3.05, 3.63) is 29.8 Å². The largest absolute Gasteiger partial charge is 0.497 e. The first-order valence-corrected chi connectivity index (χ1v) is 6.89. The van der Waals surface area contributed by atoms with Gasteiger partial charge in [-0.25, -0.2) is 0 Å². The fraction of sp³-hybridized carbons (Fsp3) is 0.500. The topological polar surface area (TPSA) is 61.8 Å². The van der Waals surface area contributed by atoms with Crippen LogP contribution in [0.2, 0.25) is 0 Å². The van der Waals surface area contributed by atoms with Crippen molar-refractivity contribution in [1.29, 1.82) is 0 Å². The number of methoxy groups -OCH3 is 1. The average Bonchev–Trinajstić information content (AvgIpc) is 2.48. The molecule has 0 spiro atoms. The Morgan fingerprint density at radius 3 is 2.62 bits per heavy atom. The van der Waals surface area contributed by atoms with Gasteiger partial charge in [-0.15, -0.1) is 0 Å². The number of rotatable bonds is 5. The Kier molecular flexibility index (Phi) is 4.75. The van der Waals surface area contributed by atoms with Crippen LogP contribution in [0.5, 0.6) is 5.75 Å². The lowest BCUT2D eigenvalue weighted by Gasteiger charge is -2.39. The third kappa shape index (κ3) is 3.89. The van der Waals surface area contributed by atoms with Crippen LogP contribution in [-0.4, -0.2) is 37.7 Å². The molecule has 0 radical (unpaired) electrons. The summed E-state index contributed by atoms with van der Waals surface area (Å²) in [5.74, 6) is -0.787. The summed E-state index contributed by atoms with van der Waals surface area (Å²) in [6, 6.07) is 7.59. The second-order valence-corrected chi connectivity index (χ2v) is 5.58. The zero-order chi connectivity index (χ0) is 15.5. The molecule has 1 heterocycles. The molecule has 2 atom stereocenters. The summed E-state index contributed by atoms with van der Waals surface area (Å²) >= 11 is 0. The molecule has 114 valence electrons. The zero-order valence-electron chi connectivity index (χ0n) is 12.5. The molecule has 0 aromatic heterocycles. The summed E-state index contributed by atoms with van der Waals surface area (Å²) in [7, 11) is 1.61. The van der Waals surface area contributed by atoms with Gasteiger partial charge in [0, 0.05) is 5.92 Å². The maximum Gasteiger partial charge on any atom is 0.224 e. The molecule has 0 bridgehead atoms. The highest BCUT2D eigenvalue weighted by atomic mass is 16.7. The summed E-state index contributed by atoms with van der Waals surface area (Å²) in [5.41, 5.74) is 1.04. The molecule has 0 N–H and O–H groups in total. The summed E-state index contributed by atoms with van der Waals surface area (Å²) < 4.78 is 16.3. The highest BCUT2D eigenvalue weighted by Crippen LogP contribution is 2.29. The molecule has 1 fully saturated rings.